The second-order valence-corrected chi connectivity index (χ2v) is 6.26. The van der Waals surface area contributed by atoms with Gasteiger partial charge < -0.3 is 15.5 Å². The SMILES string of the molecule is Nc1ncn(CCOc2ccc(-c3nc4cc(Br)cnc4[nH]3)cc2)n1. The first-order valence-corrected chi connectivity index (χ1v) is 8.36. The topological polar surface area (TPSA) is 108 Å². The molecule has 0 fully saturated rings. The lowest BCUT2D eigenvalue weighted by atomic mass is 10.2. The normalized spacial score (nSPS) is 11.1. The molecule has 8 nitrogen and oxygen atoms in total. The van der Waals surface area contributed by atoms with Gasteiger partial charge in [0, 0.05) is 16.2 Å². The lowest BCUT2D eigenvalue weighted by Crippen LogP contribution is -2.08. The van der Waals surface area contributed by atoms with Crippen molar-refractivity contribution in [1.82, 2.24) is 29.7 Å². The summed E-state index contributed by atoms with van der Waals surface area (Å²) in [5, 5.41) is 4.00. The number of ether oxygens (including phenoxy) is 1. The van der Waals surface area contributed by atoms with E-state index in [1.54, 1.807) is 17.2 Å². The fourth-order valence-corrected chi connectivity index (χ4v) is 2.71. The fourth-order valence-electron chi connectivity index (χ4n) is 2.39. The van der Waals surface area contributed by atoms with Gasteiger partial charge in [-0.25, -0.2) is 19.6 Å². The number of aromatic amines is 1. The second-order valence-electron chi connectivity index (χ2n) is 5.35. The number of fused-ring (bicyclic) bond motifs is 1. The van der Waals surface area contributed by atoms with E-state index in [2.05, 4.69) is 41.0 Å². The Hall–Kier alpha value is -2.94. The lowest BCUT2D eigenvalue weighted by Gasteiger charge is -2.06. The number of hydrogen-bond donors (Lipinski definition) is 2. The molecule has 0 atom stereocenters. The number of nitrogen functional groups attached to an aromatic ring is 1. The van der Waals surface area contributed by atoms with E-state index in [4.69, 9.17) is 10.5 Å². The van der Waals surface area contributed by atoms with Crippen LogP contribution in [0.25, 0.3) is 22.6 Å². The van der Waals surface area contributed by atoms with Gasteiger partial charge in [-0.2, -0.15) is 0 Å². The molecule has 0 aliphatic heterocycles. The molecule has 4 rings (SSSR count). The maximum atomic E-state index is 5.71. The van der Waals surface area contributed by atoms with E-state index >= 15 is 0 Å². The molecule has 1 aromatic carbocycles. The number of nitrogens with zero attached hydrogens (tertiary/aromatic N) is 5. The van der Waals surface area contributed by atoms with Gasteiger partial charge in [-0.1, -0.05) is 0 Å². The lowest BCUT2D eigenvalue weighted by molar-refractivity contribution is 0.291. The number of hydrogen-bond acceptors (Lipinski definition) is 6. The highest BCUT2D eigenvalue weighted by molar-refractivity contribution is 9.10. The minimum absolute atomic E-state index is 0.261. The summed E-state index contributed by atoms with van der Waals surface area (Å²) in [5.41, 5.74) is 8.00. The molecule has 4 aromatic rings. The number of H-pyrrole nitrogens is 1. The van der Waals surface area contributed by atoms with E-state index in [1.165, 1.54) is 0 Å². The number of rotatable bonds is 5. The highest BCUT2D eigenvalue weighted by Crippen LogP contribution is 2.23. The average molecular weight is 400 g/mol. The third kappa shape index (κ3) is 3.45. The van der Waals surface area contributed by atoms with Crippen LogP contribution in [0, 0.1) is 0 Å². The van der Waals surface area contributed by atoms with Crippen molar-refractivity contribution >= 4 is 33.0 Å². The van der Waals surface area contributed by atoms with Gasteiger partial charge in [-0.15, -0.1) is 5.10 Å². The van der Waals surface area contributed by atoms with Gasteiger partial charge in [0.15, 0.2) is 5.65 Å². The molecule has 3 aromatic heterocycles. The highest BCUT2D eigenvalue weighted by Gasteiger charge is 2.07. The predicted octanol–water partition coefficient (Wildman–Crippen LogP) is 2.64. The zero-order valence-electron chi connectivity index (χ0n) is 13.1. The number of aromatic nitrogens is 6. The average Bonchev–Trinajstić information content (AvgIpc) is 3.21. The molecule has 9 heteroatoms. The van der Waals surface area contributed by atoms with Crippen LogP contribution in [0.1, 0.15) is 0 Å². The van der Waals surface area contributed by atoms with Gasteiger partial charge >= 0.3 is 0 Å². The number of anilines is 1. The molecule has 0 saturated heterocycles. The van der Waals surface area contributed by atoms with Crippen LogP contribution >= 0.6 is 15.9 Å². The number of benzene rings is 1. The van der Waals surface area contributed by atoms with Crippen LogP contribution in [0.2, 0.25) is 0 Å². The Labute approximate surface area is 151 Å². The van der Waals surface area contributed by atoms with Crippen LogP contribution in [0.4, 0.5) is 5.95 Å². The van der Waals surface area contributed by atoms with E-state index in [0.29, 0.717) is 13.2 Å². The van der Waals surface area contributed by atoms with Crippen molar-refractivity contribution in [3.63, 3.8) is 0 Å². The maximum absolute atomic E-state index is 5.71. The van der Waals surface area contributed by atoms with Gasteiger partial charge in [0.1, 0.15) is 30.0 Å². The minimum atomic E-state index is 0.261. The Kier molecular flexibility index (Phi) is 4.06. The molecule has 3 N–H and O–H groups in total. The summed E-state index contributed by atoms with van der Waals surface area (Å²) < 4.78 is 8.25. The van der Waals surface area contributed by atoms with Gasteiger partial charge in [-0.3, -0.25) is 0 Å². The number of halogens is 1. The zero-order chi connectivity index (χ0) is 17.2. The van der Waals surface area contributed by atoms with Gasteiger partial charge in [-0.05, 0) is 46.3 Å². The summed E-state index contributed by atoms with van der Waals surface area (Å²) in [6.45, 7) is 1.06. The fraction of sp³-hybridized carbons (Fsp3) is 0.125. The van der Waals surface area contributed by atoms with E-state index in [-0.39, 0.29) is 5.95 Å². The Balaban J connectivity index is 1.43. The zero-order valence-corrected chi connectivity index (χ0v) is 14.6. The summed E-state index contributed by atoms with van der Waals surface area (Å²) in [5.74, 6) is 1.80. The first-order valence-electron chi connectivity index (χ1n) is 7.57. The number of pyridine rings is 1. The number of nitrogens with two attached hydrogens (primary N) is 1. The monoisotopic (exact) mass is 399 g/mol. The molecule has 0 spiro atoms. The molecule has 0 aliphatic rings. The molecule has 0 unspecified atom stereocenters. The number of imidazole rings is 1. The van der Waals surface area contributed by atoms with Crippen LogP contribution in [-0.2, 0) is 6.54 Å². The van der Waals surface area contributed by atoms with Crippen molar-refractivity contribution in [2.75, 3.05) is 12.3 Å². The van der Waals surface area contributed by atoms with Gasteiger partial charge in [0.05, 0.1) is 6.54 Å². The molecule has 126 valence electrons. The quantitative estimate of drug-likeness (QED) is 0.533. The van der Waals surface area contributed by atoms with Gasteiger partial charge in [0.2, 0.25) is 5.95 Å². The van der Waals surface area contributed by atoms with Crippen LogP contribution in [0.15, 0.2) is 47.3 Å². The molecular formula is C16H14BrN7O. The van der Waals surface area contributed by atoms with Crippen molar-refractivity contribution in [1.29, 1.82) is 0 Å². The molecule has 0 aliphatic carbocycles. The molecule has 25 heavy (non-hydrogen) atoms. The molecular weight excluding hydrogens is 386 g/mol. The molecule has 0 amide bonds. The molecule has 0 saturated carbocycles. The first kappa shape index (κ1) is 15.6. The summed E-state index contributed by atoms with van der Waals surface area (Å²) >= 11 is 3.40. The van der Waals surface area contributed by atoms with E-state index in [1.807, 2.05) is 30.3 Å². The molecule has 0 radical (unpaired) electrons. The maximum Gasteiger partial charge on any atom is 0.239 e. The summed E-state index contributed by atoms with van der Waals surface area (Å²) in [4.78, 5) is 15.9. The van der Waals surface area contributed by atoms with Crippen molar-refractivity contribution in [2.24, 2.45) is 0 Å². The van der Waals surface area contributed by atoms with Crippen molar-refractivity contribution in [3.8, 4) is 17.1 Å². The van der Waals surface area contributed by atoms with Crippen LogP contribution in [-0.4, -0.2) is 36.3 Å². The smallest absolute Gasteiger partial charge is 0.239 e. The number of nitrogens with one attached hydrogen (secondary N) is 1. The Morgan fingerprint density at radius 2 is 2.04 bits per heavy atom. The predicted molar refractivity (Wildman–Crippen MR) is 97.0 cm³/mol. The molecule has 0 bridgehead atoms. The standard InChI is InChI=1S/C16H14BrN7O/c17-11-7-13-15(19-8-11)22-14(21-13)10-1-3-12(4-2-10)25-6-5-24-9-20-16(18)23-24/h1-4,7-9H,5-6H2,(H2,18,23)(H,19,21,22). The minimum Gasteiger partial charge on any atom is -0.492 e. The Morgan fingerprint density at radius 1 is 1.20 bits per heavy atom. The van der Waals surface area contributed by atoms with E-state index in [9.17, 15) is 0 Å². The first-order chi connectivity index (χ1) is 12.2. The van der Waals surface area contributed by atoms with Crippen molar-refractivity contribution < 1.29 is 4.74 Å². The van der Waals surface area contributed by atoms with E-state index < -0.39 is 0 Å². The highest BCUT2D eigenvalue weighted by atomic mass is 79.9. The van der Waals surface area contributed by atoms with Crippen LogP contribution < -0.4 is 10.5 Å². The Bertz CT molecular complexity index is 1010. The third-order valence-electron chi connectivity index (χ3n) is 3.57. The largest absolute Gasteiger partial charge is 0.492 e. The van der Waals surface area contributed by atoms with Crippen molar-refractivity contribution in [3.05, 3.63) is 47.3 Å². The molecule has 3 heterocycles. The van der Waals surface area contributed by atoms with Gasteiger partial charge in [0.25, 0.3) is 0 Å². The van der Waals surface area contributed by atoms with Crippen molar-refractivity contribution in [2.45, 2.75) is 6.54 Å². The second kappa shape index (κ2) is 6.52. The Morgan fingerprint density at radius 3 is 2.80 bits per heavy atom. The summed E-state index contributed by atoms with van der Waals surface area (Å²) in [6, 6.07) is 9.64. The van der Waals surface area contributed by atoms with Crippen LogP contribution in [0.3, 0.4) is 0 Å². The third-order valence-corrected chi connectivity index (χ3v) is 4.01. The summed E-state index contributed by atoms with van der Waals surface area (Å²) in [7, 11) is 0. The summed E-state index contributed by atoms with van der Waals surface area (Å²) in [6.07, 6.45) is 3.32. The van der Waals surface area contributed by atoms with E-state index in [0.717, 1.165) is 32.8 Å². The van der Waals surface area contributed by atoms with Crippen LogP contribution in [0.5, 0.6) is 5.75 Å².